The summed E-state index contributed by atoms with van der Waals surface area (Å²) in [5, 5.41) is 0. The minimum absolute atomic E-state index is 0.131. The largest absolute Gasteiger partial charge is 0.336 e. The molecule has 1 unspecified atom stereocenters. The zero-order chi connectivity index (χ0) is 12.1. The van der Waals surface area contributed by atoms with E-state index in [0.717, 1.165) is 37.8 Å². The van der Waals surface area contributed by atoms with Crippen LogP contribution in [0.15, 0.2) is 24.5 Å². The molecule has 17 heavy (non-hydrogen) atoms. The van der Waals surface area contributed by atoms with E-state index in [4.69, 9.17) is 5.73 Å². The van der Waals surface area contributed by atoms with Gasteiger partial charge in [-0.15, -0.1) is 0 Å². The smallest absolute Gasteiger partial charge is 0.254 e. The first-order valence-corrected chi connectivity index (χ1v) is 6.24. The molecule has 2 N–H and O–H groups in total. The molecule has 2 heterocycles. The minimum Gasteiger partial charge on any atom is -0.336 e. The highest BCUT2D eigenvalue weighted by Crippen LogP contribution is 2.23. The van der Waals surface area contributed by atoms with Crippen LogP contribution in [0.1, 0.15) is 36.0 Å². The van der Waals surface area contributed by atoms with Crippen LogP contribution < -0.4 is 5.73 Å². The van der Waals surface area contributed by atoms with Gasteiger partial charge in [0.15, 0.2) is 0 Å². The van der Waals surface area contributed by atoms with Gasteiger partial charge in [0, 0.05) is 30.5 Å². The summed E-state index contributed by atoms with van der Waals surface area (Å²) in [6, 6.07) is 3.93. The number of nitrogens with zero attached hydrogens (tertiary/aromatic N) is 2. The molecule has 1 aromatic rings. The number of carbonyl (C=O) groups excluding carboxylic acids is 1. The highest BCUT2D eigenvalue weighted by atomic mass is 16.2. The molecule has 0 aromatic carbocycles. The monoisotopic (exact) mass is 233 g/mol. The minimum atomic E-state index is 0.131. The first-order valence-electron chi connectivity index (χ1n) is 6.24. The third-order valence-electron chi connectivity index (χ3n) is 3.31. The molecule has 4 heteroatoms. The molecule has 1 atom stereocenters. The predicted octanol–water partition coefficient (Wildman–Crippen LogP) is 1.43. The van der Waals surface area contributed by atoms with Gasteiger partial charge < -0.3 is 10.6 Å². The lowest BCUT2D eigenvalue weighted by Gasteiger charge is -2.24. The number of hydrogen-bond acceptors (Lipinski definition) is 3. The summed E-state index contributed by atoms with van der Waals surface area (Å²) in [5.41, 5.74) is 6.26. The van der Waals surface area contributed by atoms with E-state index in [1.807, 2.05) is 4.90 Å². The van der Waals surface area contributed by atoms with E-state index in [1.54, 1.807) is 24.5 Å². The number of rotatable bonds is 4. The lowest BCUT2D eigenvalue weighted by Crippen LogP contribution is -2.35. The van der Waals surface area contributed by atoms with E-state index in [2.05, 4.69) is 4.98 Å². The van der Waals surface area contributed by atoms with Crippen molar-refractivity contribution in [1.29, 1.82) is 0 Å². The Morgan fingerprint density at radius 2 is 2.24 bits per heavy atom. The molecule has 0 bridgehead atoms. The van der Waals surface area contributed by atoms with Crippen molar-refractivity contribution in [3.05, 3.63) is 30.1 Å². The summed E-state index contributed by atoms with van der Waals surface area (Å²) in [4.78, 5) is 18.2. The lowest BCUT2D eigenvalue weighted by atomic mass is 10.1. The second-order valence-corrected chi connectivity index (χ2v) is 4.46. The molecule has 1 aliphatic heterocycles. The fourth-order valence-corrected chi connectivity index (χ4v) is 2.42. The maximum absolute atomic E-state index is 12.3. The fraction of sp³-hybridized carbons (Fsp3) is 0.538. The Morgan fingerprint density at radius 3 is 2.94 bits per heavy atom. The summed E-state index contributed by atoms with van der Waals surface area (Å²) in [7, 11) is 0. The summed E-state index contributed by atoms with van der Waals surface area (Å²) in [6.07, 6.45) is 7.55. The third kappa shape index (κ3) is 2.82. The Morgan fingerprint density at radius 1 is 1.47 bits per heavy atom. The summed E-state index contributed by atoms with van der Waals surface area (Å²) in [6.45, 7) is 1.57. The Bertz CT molecular complexity index is 366. The number of pyridine rings is 1. The van der Waals surface area contributed by atoms with Crippen LogP contribution in [0.4, 0.5) is 0 Å². The lowest BCUT2D eigenvalue weighted by molar-refractivity contribution is 0.0729. The highest BCUT2D eigenvalue weighted by Gasteiger charge is 2.28. The first-order chi connectivity index (χ1) is 8.33. The molecule has 4 nitrogen and oxygen atoms in total. The molecule has 0 spiro atoms. The zero-order valence-electron chi connectivity index (χ0n) is 10.0. The highest BCUT2D eigenvalue weighted by molar-refractivity contribution is 5.94. The molecule has 92 valence electrons. The van der Waals surface area contributed by atoms with Crippen LogP contribution >= 0.6 is 0 Å². The van der Waals surface area contributed by atoms with Crippen molar-refractivity contribution in [2.24, 2.45) is 5.73 Å². The van der Waals surface area contributed by atoms with Crippen molar-refractivity contribution in [2.75, 3.05) is 13.1 Å². The van der Waals surface area contributed by atoms with E-state index >= 15 is 0 Å². The summed E-state index contributed by atoms with van der Waals surface area (Å²) in [5.74, 6) is 0.131. The van der Waals surface area contributed by atoms with Crippen molar-refractivity contribution in [3.8, 4) is 0 Å². The van der Waals surface area contributed by atoms with Crippen LogP contribution in [-0.4, -0.2) is 34.9 Å². The molecule has 1 aliphatic rings. The van der Waals surface area contributed by atoms with Gasteiger partial charge in [-0.3, -0.25) is 9.78 Å². The molecule has 2 rings (SSSR count). The topological polar surface area (TPSA) is 59.2 Å². The van der Waals surface area contributed by atoms with Crippen LogP contribution in [0.2, 0.25) is 0 Å². The van der Waals surface area contributed by atoms with Gasteiger partial charge in [0.05, 0.1) is 0 Å². The standard InChI is InChI=1S/C13H19N3O/c14-7-1-3-12-4-2-10-16(12)13(17)11-5-8-15-9-6-11/h5-6,8-9,12H,1-4,7,10,14H2. The number of likely N-dealkylation sites (tertiary alicyclic amines) is 1. The van der Waals surface area contributed by atoms with E-state index in [1.165, 1.54) is 0 Å². The molecule has 0 aliphatic carbocycles. The normalized spacial score (nSPS) is 19.6. The quantitative estimate of drug-likeness (QED) is 0.855. The van der Waals surface area contributed by atoms with Crippen molar-refractivity contribution in [3.63, 3.8) is 0 Å². The van der Waals surface area contributed by atoms with Gasteiger partial charge in [0.1, 0.15) is 0 Å². The van der Waals surface area contributed by atoms with Gasteiger partial charge in [0.2, 0.25) is 0 Å². The molecule has 1 amide bonds. The number of nitrogens with two attached hydrogens (primary N) is 1. The average Bonchev–Trinajstić information content (AvgIpc) is 2.84. The fourth-order valence-electron chi connectivity index (χ4n) is 2.42. The third-order valence-corrected chi connectivity index (χ3v) is 3.31. The maximum atomic E-state index is 12.3. The van der Waals surface area contributed by atoms with Gasteiger partial charge >= 0.3 is 0 Å². The van der Waals surface area contributed by atoms with Crippen molar-refractivity contribution < 1.29 is 4.79 Å². The van der Waals surface area contributed by atoms with E-state index < -0.39 is 0 Å². The van der Waals surface area contributed by atoms with Crippen molar-refractivity contribution in [1.82, 2.24) is 9.88 Å². The summed E-state index contributed by atoms with van der Waals surface area (Å²) >= 11 is 0. The zero-order valence-corrected chi connectivity index (χ0v) is 10.0. The van der Waals surface area contributed by atoms with Crippen LogP contribution in [0.5, 0.6) is 0 Å². The Labute approximate surface area is 102 Å². The molecule has 1 aromatic heterocycles. The first kappa shape index (κ1) is 12.0. The van der Waals surface area contributed by atoms with Gasteiger partial charge in [-0.2, -0.15) is 0 Å². The maximum Gasteiger partial charge on any atom is 0.254 e. The van der Waals surface area contributed by atoms with E-state index in [9.17, 15) is 4.79 Å². The van der Waals surface area contributed by atoms with Crippen LogP contribution in [0, 0.1) is 0 Å². The number of carbonyl (C=O) groups is 1. The molecule has 1 fully saturated rings. The second kappa shape index (κ2) is 5.77. The van der Waals surface area contributed by atoms with Gasteiger partial charge in [-0.25, -0.2) is 0 Å². The second-order valence-electron chi connectivity index (χ2n) is 4.46. The number of hydrogen-bond donors (Lipinski definition) is 1. The van der Waals surface area contributed by atoms with E-state index in [0.29, 0.717) is 12.6 Å². The number of amides is 1. The molecular formula is C13H19N3O. The summed E-state index contributed by atoms with van der Waals surface area (Å²) < 4.78 is 0. The Kier molecular flexibility index (Phi) is 4.09. The van der Waals surface area contributed by atoms with Gasteiger partial charge in [-0.05, 0) is 44.4 Å². The molecular weight excluding hydrogens is 214 g/mol. The van der Waals surface area contributed by atoms with Gasteiger partial charge in [0.25, 0.3) is 5.91 Å². The molecule has 1 saturated heterocycles. The number of aromatic nitrogens is 1. The van der Waals surface area contributed by atoms with E-state index in [-0.39, 0.29) is 5.91 Å². The van der Waals surface area contributed by atoms with Crippen molar-refractivity contribution >= 4 is 5.91 Å². The SMILES string of the molecule is NCCCC1CCCN1C(=O)c1ccncc1. The molecule has 0 saturated carbocycles. The Hall–Kier alpha value is -1.42. The van der Waals surface area contributed by atoms with Crippen molar-refractivity contribution in [2.45, 2.75) is 31.7 Å². The van der Waals surface area contributed by atoms with Crippen LogP contribution in [0.25, 0.3) is 0 Å². The van der Waals surface area contributed by atoms with Gasteiger partial charge in [-0.1, -0.05) is 0 Å². The predicted molar refractivity (Wildman–Crippen MR) is 66.6 cm³/mol. The van der Waals surface area contributed by atoms with Crippen LogP contribution in [0.3, 0.4) is 0 Å². The Balaban J connectivity index is 2.03. The van der Waals surface area contributed by atoms with Crippen LogP contribution in [-0.2, 0) is 0 Å². The average molecular weight is 233 g/mol. The molecule has 0 radical (unpaired) electrons.